The van der Waals surface area contributed by atoms with E-state index in [-0.39, 0.29) is 12.3 Å². The fraction of sp³-hybridized carbons (Fsp3) is 0.462. The molecule has 0 fully saturated rings. The summed E-state index contributed by atoms with van der Waals surface area (Å²) in [6.07, 6.45) is 0.184. The van der Waals surface area contributed by atoms with Gasteiger partial charge in [-0.3, -0.25) is 4.79 Å². The van der Waals surface area contributed by atoms with E-state index in [1.807, 2.05) is 0 Å². The number of rotatable bonds is 5. The fourth-order valence-corrected chi connectivity index (χ4v) is 2.21. The van der Waals surface area contributed by atoms with Crippen molar-refractivity contribution in [1.82, 2.24) is 5.32 Å². The molecule has 19 heavy (non-hydrogen) atoms. The van der Waals surface area contributed by atoms with Gasteiger partial charge in [-0.15, -0.1) is 11.6 Å². The lowest BCUT2D eigenvalue weighted by molar-refractivity contribution is -0.119. The molecule has 3 nitrogen and oxygen atoms in total. The summed E-state index contributed by atoms with van der Waals surface area (Å²) in [6.45, 7) is 3.20. The summed E-state index contributed by atoms with van der Waals surface area (Å²) in [5.74, 6) is -1.06. The van der Waals surface area contributed by atoms with E-state index in [1.165, 1.54) is 6.07 Å². The van der Waals surface area contributed by atoms with Crippen LogP contribution in [-0.4, -0.2) is 22.5 Å². The number of aliphatic hydroxyl groups is 1. The smallest absolute Gasteiger partial charge is 0.235 e. The number of hydrogen-bond donors (Lipinski definition) is 2. The van der Waals surface area contributed by atoms with Crippen LogP contribution < -0.4 is 5.32 Å². The number of amides is 1. The molecule has 0 saturated carbocycles. The molecule has 1 atom stereocenters. The van der Waals surface area contributed by atoms with E-state index in [0.717, 1.165) is 0 Å². The van der Waals surface area contributed by atoms with Crippen molar-refractivity contribution in [2.75, 3.05) is 5.88 Å². The van der Waals surface area contributed by atoms with Crippen molar-refractivity contribution in [2.45, 2.75) is 31.9 Å². The molecule has 0 spiro atoms. The van der Waals surface area contributed by atoms with Gasteiger partial charge >= 0.3 is 0 Å². The van der Waals surface area contributed by atoms with Crippen LogP contribution in [0.5, 0.6) is 0 Å². The topological polar surface area (TPSA) is 49.3 Å². The molecule has 1 unspecified atom stereocenters. The predicted octanol–water partition coefficient (Wildman–Crippen LogP) is 3.15. The maximum Gasteiger partial charge on any atom is 0.235 e. The largest absolute Gasteiger partial charge is 0.390 e. The number of nitrogens with one attached hydrogen (secondary N) is 1. The van der Waals surface area contributed by atoms with Crippen molar-refractivity contribution in [3.63, 3.8) is 0 Å². The molecule has 1 rings (SSSR count). The molecule has 106 valence electrons. The van der Waals surface area contributed by atoms with E-state index in [1.54, 1.807) is 26.0 Å². The van der Waals surface area contributed by atoms with Gasteiger partial charge < -0.3 is 10.4 Å². The Kier molecular flexibility index (Phi) is 5.77. The second kappa shape index (κ2) is 6.68. The molecule has 0 saturated heterocycles. The van der Waals surface area contributed by atoms with Gasteiger partial charge in [-0.05, 0) is 32.0 Å². The summed E-state index contributed by atoms with van der Waals surface area (Å²) < 4.78 is 14.6. The van der Waals surface area contributed by atoms with Crippen LogP contribution in [-0.2, 0) is 4.79 Å². The Morgan fingerprint density at radius 3 is 2.74 bits per heavy atom. The van der Waals surface area contributed by atoms with Gasteiger partial charge in [0.15, 0.2) is 0 Å². The number of carbonyl (C=O) groups is 1. The maximum atomic E-state index is 13.9. The summed E-state index contributed by atoms with van der Waals surface area (Å²) in [5.41, 5.74) is -0.728. The minimum atomic E-state index is -1.04. The number of alkyl halides is 1. The molecular weight excluding hydrogens is 337 g/mol. The van der Waals surface area contributed by atoms with Gasteiger partial charge in [0.05, 0.1) is 11.6 Å². The lowest BCUT2D eigenvalue weighted by Crippen LogP contribution is -2.35. The normalized spacial score (nSPS) is 13.2. The second-order valence-corrected chi connectivity index (χ2v) is 6.12. The maximum absolute atomic E-state index is 13.9. The molecule has 0 radical (unpaired) electrons. The number of benzene rings is 1. The predicted molar refractivity (Wildman–Crippen MR) is 76.6 cm³/mol. The standard InChI is InChI=1S/C13H16BrClFNO2/c1-13(2,19)6-11(17-12(18)7-15)9-5-8(14)3-4-10(9)16/h3-5,11,19H,6-7H2,1-2H3,(H,17,18). The van der Waals surface area contributed by atoms with E-state index in [0.29, 0.717) is 10.0 Å². The summed E-state index contributed by atoms with van der Waals surface area (Å²) in [5, 5.41) is 12.5. The van der Waals surface area contributed by atoms with E-state index < -0.39 is 23.4 Å². The summed E-state index contributed by atoms with van der Waals surface area (Å²) in [4.78, 5) is 11.4. The first-order valence-corrected chi connectivity index (χ1v) is 7.08. The molecule has 1 aromatic carbocycles. The SMILES string of the molecule is CC(C)(O)CC(NC(=O)CCl)c1cc(Br)ccc1F. The molecule has 0 heterocycles. The van der Waals surface area contributed by atoms with Gasteiger partial charge in [-0.25, -0.2) is 4.39 Å². The van der Waals surface area contributed by atoms with Crippen LogP contribution in [0.25, 0.3) is 0 Å². The third-order valence-corrected chi connectivity index (χ3v) is 3.23. The minimum absolute atomic E-state index is 0.184. The quantitative estimate of drug-likeness (QED) is 0.800. The molecule has 1 aromatic rings. The van der Waals surface area contributed by atoms with Crippen molar-refractivity contribution in [1.29, 1.82) is 0 Å². The zero-order valence-electron chi connectivity index (χ0n) is 10.7. The molecular formula is C13H16BrClFNO2. The molecule has 2 N–H and O–H groups in total. The van der Waals surface area contributed by atoms with Gasteiger partial charge in [0.1, 0.15) is 11.7 Å². The van der Waals surface area contributed by atoms with E-state index in [2.05, 4.69) is 21.2 Å². The van der Waals surface area contributed by atoms with Gasteiger partial charge in [0, 0.05) is 16.5 Å². The Morgan fingerprint density at radius 1 is 1.58 bits per heavy atom. The molecule has 0 bridgehead atoms. The molecule has 0 aliphatic rings. The Bertz CT molecular complexity index is 462. The Hall–Kier alpha value is -0.650. The first kappa shape index (κ1) is 16.4. The molecule has 0 aliphatic carbocycles. The van der Waals surface area contributed by atoms with Gasteiger partial charge in [0.2, 0.25) is 5.91 Å². The van der Waals surface area contributed by atoms with Crippen LogP contribution in [0.15, 0.2) is 22.7 Å². The minimum Gasteiger partial charge on any atom is -0.390 e. The fourth-order valence-electron chi connectivity index (χ4n) is 1.75. The molecule has 6 heteroatoms. The molecule has 1 amide bonds. The average Bonchev–Trinajstić information content (AvgIpc) is 2.29. The third-order valence-electron chi connectivity index (χ3n) is 2.49. The monoisotopic (exact) mass is 351 g/mol. The van der Waals surface area contributed by atoms with E-state index in [9.17, 15) is 14.3 Å². The summed E-state index contributed by atoms with van der Waals surface area (Å²) in [7, 11) is 0. The van der Waals surface area contributed by atoms with Gasteiger partial charge in [0.25, 0.3) is 0 Å². The zero-order valence-corrected chi connectivity index (χ0v) is 13.1. The number of hydrogen-bond acceptors (Lipinski definition) is 2. The van der Waals surface area contributed by atoms with Crippen LogP contribution in [0.3, 0.4) is 0 Å². The summed E-state index contributed by atoms with van der Waals surface area (Å²) in [6, 6.07) is 3.83. The van der Waals surface area contributed by atoms with Crippen LogP contribution in [0, 0.1) is 5.82 Å². The van der Waals surface area contributed by atoms with Crippen LogP contribution >= 0.6 is 27.5 Å². The van der Waals surface area contributed by atoms with Crippen LogP contribution in [0.1, 0.15) is 31.9 Å². The van der Waals surface area contributed by atoms with E-state index in [4.69, 9.17) is 11.6 Å². The lowest BCUT2D eigenvalue weighted by atomic mass is 9.93. The Balaban J connectivity index is 3.07. The van der Waals surface area contributed by atoms with Crippen LogP contribution in [0.2, 0.25) is 0 Å². The Morgan fingerprint density at radius 2 is 2.21 bits per heavy atom. The first-order valence-electron chi connectivity index (χ1n) is 5.75. The molecule has 0 aromatic heterocycles. The highest BCUT2D eigenvalue weighted by Gasteiger charge is 2.25. The number of carbonyl (C=O) groups excluding carboxylic acids is 1. The van der Waals surface area contributed by atoms with Crippen molar-refractivity contribution in [3.8, 4) is 0 Å². The highest BCUT2D eigenvalue weighted by Crippen LogP contribution is 2.28. The zero-order chi connectivity index (χ0) is 14.6. The first-order chi connectivity index (χ1) is 8.73. The summed E-state index contributed by atoms with van der Waals surface area (Å²) >= 11 is 8.71. The second-order valence-electron chi connectivity index (χ2n) is 4.94. The lowest BCUT2D eigenvalue weighted by Gasteiger charge is -2.26. The highest BCUT2D eigenvalue weighted by molar-refractivity contribution is 9.10. The molecule has 0 aliphatic heterocycles. The van der Waals surface area contributed by atoms with Crippen molar-refractivity contribution < 1.29 is 14.3 Å². The third kappa shape index (κ3) is 5.47. The number of halogens is 3. The van der Waals surface area contributed by atoms with Crippen LogP contribution in [0.4, 0.5) is 4.39 Å². The highest BCUT2D eigenvalue weighted by atomic mass is 79.9. The Labute approximate surface area is 125 Å². The van der Waals surface area contributed by atoms with E-state index >= 15 is 0 Å². The van der Waals surface area contributed by atoms with Crippen molar-refractivity contribution in [2.24, 2.45) is 0 Å². The van der Waals surface area contributed by atoms with Crippen molar-refractivity contribution >= 4 is 33.4 Å². The van der Waals surface area contributed by atoms with Crippen molar-refractivity contribution in [3.05, 3.63) is 34.1 Å². The average molecular weight is 353 g/mol. The van der Waals surface area contributed by atoms with Gasteiger partial charge in [-0.1, -0.05) is 15.9 Å². The van der Waals surface area contributed by atoms with Gasteiger partial charge in [-0.2, -0.15) is 0 Å².